The topological polar surface area (TPSA) is 20.2 Å². The van der Waals surface area contributed by atoms with Crippen molar-refractivity contribution in [3.8, 4) is 0 Å². The van der Waals surface area contributed by atoms with Gasteiger partial charge >= 0.3 is 0 Å². The van der Waals surface area contributed by atoms with Gasteiger partial charge in [-0.05, 0) is 58.1 Å². The molecule has 22 heavy (non-hydrogen) atoms. The molecule has 0 bridgehead atoms. The van der Waals surface area contributed by atoms with E-state index in [-0.39, 0.29) is 12.0 Å². The van der Waals surface area contributed by atoms with Crippen molar-refractivity contribution in [3.63, 3.8) is 0 Å². The molecule has 0 heterocycles. The second kappa shape index (κ2) is 6.83. The number of aliphatic hydroxyl groups excluding tert-OH is 1. The second-order valence-electron chi connectivity index (χ2n) is 7.32. The van der Waals surface area contributed by atoms with E-state index in [0.29, 0.717) is 5.92 Å². The average molecular weight is 298 g/mol. The molecule has 0 spiro atoms. The molecule has 120 valence electrons. The molecule has 1 nitrogen and oxygen atoms in total. The summed E-state index contributed by atoms with van der Waals surface area (Å²) < 4.78 is 0. The molecule has 0 aliphatic heterocycles. The van der Waals surface area contributed by atoms with Crippen LogP contribution in [0, 0.1) is 5.92 Å². The van der Waals surface area contributed by atoms with Crippen LogP contribution in [-0.2, 0) is 5.41 Å². The molecule has 0 radical (unpaired) electrons. The summed E-state index contributed by atoms with van der Waals surface area (Å²) in [6, 6.07) is 6.89. The molecule has 1 aromatic carbocycles. The smallest absolute Gasteiger partial charge is 0.0618 e. The summed E-state index contributed by atoms with van der Waals surface area (Å²) >= 11 is 0. The van der Waals surface area contributed by atoms with Gasteiger partial charge in [-0.25, -0.2) is 0 Å². The van der Waals surface area contributed by atoms with E-state index in [1.807, 2.05) is 6.08 Å². The first-order valence-electron chi connectivity index (χ1n) is 8.56. The van der Waals surface area contributed by atoms with Crippen LogP contribution < -0.4 is 0 Å². The Balaban J connectivity index is 2.55. The number of rotatable bonds is 5. The Bertz CT molecular complexity index is 588. The lowest BCUT2D eigenvalue weighted by Gasteiger charge is -2.34. The molecule has 0 saturated heterocycles. The molecule has 0 aromatic heterocycles. The van der Waals surface area contributed by atoms with Gasteiger partial charge in [0.25, 0.3) is 0 Å². The minimum Gasteiger partial charge on any atom is -0.392 e. The van der Waals surface area contributed by atoms with Crippen LogP contribution in [0.5, 0.6) is 0 Å². The summed E-state index contributed by atoms with van der Waals surface area (Å²) in [6.45, 7) is 11.5. The fourth-order valence-corrected chi connectivity index (χ4v) is 3.45. The molecular weight excluding hydrogens is 268 g/mol. The van der Waals surface area contributed by atoms with Gasteiger partial charge in [-0.1, -0.05) is 65.3 Å². The van der Waals surface area contributed by atoms with E-state index in [0.717, 1.165) is 19.3 Å². The van der Waals surface area contributed by atoms with E-state index in [1.54, 1.807) is 0 Å². The van der Waals surface area contributed by atoms with Gasteiger partial charge in [0, 0.05) is 0 Å². The highest BCUT2D eigenvalue weighted by molar-refractivity contribution is 5.77. The summed E-state index contributed by atoms with van der Waals surface area (Å²) in [4.78, 5) is 0. The Hall–Kier alpha value is -1.34. The quantitative estimate of drug-likeness (QED) is 0.752. The standard InChI is InChI=1S/C21H30O/c1-6-7-16(11-13-22)17-8-9-20-19(14-17)18(15(2)3)10-12-21(20,4)5/h8-11,14-15,22H,6-7,12-13H2,1-5H3/b16-11-. The summed E-state index contributed by atoms with van der Waals surface area (Å²) in [7, 11) is 0. The molecule has 1 aromatic rings. The first-order valence-corrected chi connectivity index (χ1v) is 8.56. The van der Waals surface area contributed by atoms with Crippen molar-refractivity contribution in [3.05, 3.63) is 47.0 Å². The van der Waals surface area contributed by atoms with Crippen LogP contribution >= 0.6 is 0 Å². The van der Waals surface area contributed by atoms with Gasteiger partial charge < -0.3 is 5.11 Å². The first kappa shape index (κ1) is 17.0. The number of fused-ring (bicyclic) bond motifs is 1. The van der Waals surface area contributed by atoms with Crippen LogP contribution in [0.15, 0.2) is 30.4 Å². The molecule has 0 amide bonds. The van der Waals surface area contributed by atoms with E-state index in [9.17, 15) is 5.11 Å². The SMILES string of the molecule is CCC/C(=C/CO)c1ccc2c(c1)C(C(C)C)=CCC2(C)C. The third-order valence-electron chi connectivity index (χ3n) is 4.74. The second-order valence-corrected chi connectivity index (χ2v) is 7.32. The van der Waals surface area contributed by atoms with E-state index in [4.69, 9.17) is 0 Å². The Labute approximate surface area is 135 Å². The molecule has 0 fully saturated rings. The predicted octanol–water partition coefficient (Wildman–Crippen LogP) is 5.58. The Morgan fingerprint density at radius 2 is 2.05 bits per heavy atom. The number of hydrogen-bond donors (Lipinski definition) is 1. The molecule has 0 saturated carbocycles. The summed E-state index contributed by atoms with van der Waals surface area (Å²) in [6.07, 6.45) is 7.61. The first-order chi connectivity index (χ1) is 10.4. The van der Waals surface area contributed by atoms with Gasteiger partial charge in [0.05, 0.1) is 6.61 Å². The normalized spacial score (nSPS) is 17.4. The molecule has 1 N–H and O–H groups in total. The number of benzene rings is 1. The lowest BCUT2D eigenvalue weighted by molar-refractivity contribution is 0.343. The van der Waals surface area contributed by atoms with Crippen molar-refractivity contribution >= 4 is 11.1 Å². The maximum atomic E-state index is 9.30. The highest BCUT2D eigenvalue weighted by Gasteiger charge is 2.29. The highest BCUT2D eigenvalue weighted by atomic mass is 16.2. The van der Waals surface area contributed by atoms with Crippen LogP contribution in [0.2, 0.25) is 0 Å². The Morgan fingerprint density at radius 1 is 1.32 bits per heavy atom. The summed E-state index contributed by atoms with van der Waals surface area (Å²) in [5.41, 5.74) is 7.07. The van der Waals surface area contributed by atoms with Gasteiger partial charge in [0.2, 0.25) is 0 Å². The minimum absolute atomic E-state index is 0.116. The van der Waals surface area contributed by atoms with Crippen molar-refractivity contribution in [2.75, 3.05) is 6.61 Å². The Morgan fingerprint density at radius 3 is 2.64 bits per heavy atom. The monoisotopic (exact) mass is 298 g/mol. The van der Waals surface area contributed by atoms with Crippen LogP contribution in [0.4, 0.5) is 0 Å². The van der Waals surface area contributed by atoms with Crippen molar-refractivity contribution in [2.24, 2.45) is 5.92 Å². The van der Waals surface area contributed by atoms with Crippen molar-refractivity contribution in [1.29, 1.82) is 0 Å². The van der Waals surface area contributed by atoms with Crippen molar-refractivity contribution < 1.29 is 5.11 Å². The third-order valence-corrected chi connectivity index (χ3v) is 4.74. The maximum Gasteiger partial charge on any atom is 0.0618 e. The van der Waals surface area contributed by atoms with Gasteiger partial charge in [0.15, 0.2) is 0 Å². The highest BCUT2D eigenvalue weighted by Crippen LogP contribution is 2.42. The zero-order chi connectivity index (χ0) is 16.3. The fourth-order valence-electron chi connectivity index (χ4n) is 3.45. The average Bonchev–Trinajstić information content (AvgIpc) is 2.46. The number of hydrogen-bond acceptors (Lipinski definition) is 1. The van der Waals surface area contributed by atoms with Crippen molar-refractivity contribution in [2.45, 2.75) is 59.3 Å². The molecule has 1 heteroatoms. The molecule has 0 atom stereocenters. The number of allylic oxidation sites excluding steroid dienone is 3. The van der Waals surface area contributed by atoms with Crippen LogP contribution in [0.1, 0.15) is 70.6 Å². The van der Waals surface area contributed by atoms with Crippen LogP contribution in [-0.4, -0.2) is 11.7 Å². The predicted molar refractivity (Wildman–Crippen MR) is 96.9 cm³/mol. The van der Waals surface area contributed by atoms with Crippen LogP contribution in [0.25, 0.3) is 11.1 Å². The molecule has 1 aliphatic rings. The van der Waals surface area contributed by atoms with Gasteiger partial charge in [0.1, 0.15) is 0 Å². The van der Waals surface area contributed by atoms with Gasteiger partial charge in [-0.3, -0.25) is 0 Å². The molecular formula is C21H30O. The largest absolute Gasteiger partial charge is 0.392 e. The summed E-state index contributed by atoms with van der Waals surface area (Å²) in [5, 5.41) is 9.30. The molecule has 0 unspecified atom stereocenters. The fraction of sp³-hybridized carbons (Fsp3) is 0.524. The third kappa shape index (κ3) is 3.35. The Kier molecular flexibility index (Phi) is 5.28. The van der Waals surface area contributed by atoms with Crippen molar-refractivity contribution in [1.82, 2.24) is 0 Å². The zero-order valence-corrected chi connectivity index (χ0v) is 14.7. The zero-order valence-electron chi connectivity index (χ0n) is 14.7. The summed E-state index contributed by atoms with van der Waals surface area (Å²) in [5.74, 6) is 0.543. The number of aliphatic hydroxyl groups is 1. The van der Waals surface area contributed by atoms with Gasteiger partial charge in [-0.2, -0.15) is 0 Å². The lowest BCUT2D eigenvalue weighted by Crippen LogP contribution is -2.22. The van der Waals surface area contributed by atoms with E-state index in [2.05, 4.69) is 58.9 Å². The van der Waals surface area contributed by atoms with Crippen LogP contribution in [0.3, 0.4) is 0 Å². The van der Waals surface area contributed by atoms with E-state index < -0.39 is 0 Å². The maximum absolute atomic E-state index is 9.30. The van der Waals surface area contributed by atoms with E-state index >= 15 is 0 Å². The lowest BCUT2D eigenvalue weighted by atomic mass is 9.71. The molecule has 2 rings (SSSR count). The van der Waals surface area contributed by atoms with Gasteiger partial charge in [-0.15, -0.1) is 0 Å². The minimum atomic E-state index is 0.116. The molecule has 1 aliphatic carbocycles. The van der Waals surface area contributed by atoms with E-state index in [1.165, 1.54) is 27.8 Å².